The fraction of sp³-hybridized carbons (Fsp3) is 0.182. The van der Waals surface area contributed by atoms with E-state index in [9.17, 15) is 14.7 Å². The molecule has 1 amide bonds. The number of carbonyl (C=O) groups is 2. The quantitative estimate of drug-likeness (QED) is 0.577. The minimum atomic E-state index is -1.20. The van der Waals surface area contributed by atoms with Crippen LogP contribution in [-0.4, -0.2) is 36.7 Å². The van der Waals surface area contributed by atoms with Gasteiger partial charge >= 0.3 is 5.97 Å². The number of aliphatic carboxylic acids is 1. The van der Waals surface area contributed by atoms with Gasteiger partial charge in [0.05, 0.1) is 26.6 Å². The molecule has 0 unspecified atom stereocenters. The highest BCUT2D eigenvalue weighted by Gasteiger charge is 2.23. The smallest absolute Gasteiger partial charge is 0.328 e. The van der Waals surface area contributed by atoms with Gasteiger partial charge in [-0.3, -0.25) is 4.79 Å². The van der Waals surface area contributed by atoms with E-state index in [2.05, 4.69) is 5.32 Å². The van der Waals surface area contributed by atoms with Gasteiger partial charge in [0.1, 0.15) is 5.75 Å². The van der Waals surface area contributed by atoms with Gasteiger partial charge in [-0.05, 0) is 29.3 Å². The van der Waals surface area contributed by atoms with Crippen molar-refractivity contribution in [3.05, 3.63) is 78.3 Å². The van der Waals surface area contributed by atoms with Crippen molar-refractivity contribution in [2.24, 2.45) is 0 Å². The second kappa shape index (κ2) is 9.57. The van der Waals surface area contributed by atoms with E-state index in [1.807, 2.05) is 54.6 Å². The number of nitrogens with one attached hydrogen (secondary N) is 1. The minimum Gasteiger partial charge on any atom is -0.497 e. The molecule has 0 bridgehead atoms. The summed E-state index contributed by atoms with van der Waals surface area (Å²) in [5.74, 6) is -1.13. The van der Waals surface area contributed by atoms with E-state index in [0.29, 0.717) is 11.3 Å². The third-order valence-electron chi connectivity index (χ3n) is 4.23. The van der Waals surface area contributed by atoms with Gasteiger partial charge in [0.2, 0.25) is 0 Å². The molecule has 7 nitrogen and oxygen atoms in total. The molecule has 0 saturated heterocycles. The van der Waals surface area contributed by atoms with Crippen LogP contribution in [-0.2, 0) is 16.1 Å². The molecule has 7 heteroatoms. The molecule has 3 aromatic rings. The van der Waals surface area contributed by atoms with Crippen LogP contribution in [0, 0.1) is 0 Å². The number of carbonyl (C=O) groups excluding carboxylic acids is 1. The summed E-state index contributed by atoms with van der Waals surface area (Å²) in [6.07, 6.45) is 1.44. The van der Waals surface area contributed by atoms with Gasteiger partial charge in [-0.1, -0.05) is 42.5 Å². The molecule has 0 spiro atoms. The maximum Gasteiger partial charge on any atom is 0.328 e. The van der Waals surface area contributed by atoms with E-state index in [4.69, 9.17) is 13.9 Å². The van der Waals surface area contributed by atoms with E-state index in [1.54, 1.807) is 13.2 Å². The van der Waals surface area contributed by atoms with Crippen LogP contribution in [0.2, 0.25) is 0 Å². The van der Waals surface area contributed by atoms with E-state index in [-0.39, 0.29) is 19.0 Å². The summed E-state index contributed by atoms with van der Waals surface area (Å²) in [4.78, 5) is 23.9. The second-order valence-corrected chi connectivity index (χ2v) is 6.30. The highest BCUT2D eigenvalue weighted by molar-refractivity contribution is 5.95. The molecule has 3 rings (SSSR count). The molecule has 2 aromatic carbocycles. The number of methoxy groups -OCH3 is 1. The summed E-state index contributed by atoms with van der Waals surface area (Å²) in [6.45, 7) is 0.0840. The molecule has 1 heterocycles. The van der Waals surface area contributed by atoms with Crippen LogP contribution in [0.15, 0.2) is 71.3 Å². The number of carboxylic acid groups (broad SMARTS) is 1. The predicted molar refractivity (Wildman–Crippen MR) is 106 cm³/mol. The van der Waals surface area contributed by atoms with Gasteiger partial charge in [-0.15, -0.1) is 0 Å². The predicted octanol–water partition coefficient (Wildman–Crippen LogP) is 3.36. The third-order valence-corrected chi connectivity index (χ3v) is 4.23. The Bertz CT molecular complexity index is 966. The first-order chi connectivity index (χ1) is 14.1. The Hall–Kier alpha value is -3.58. The van der Waals surface area contributed by atoms with Crippen molar-refractivity contribution in [2.45, 2.75) is 12.6 Å². The van der Waals surface area contributed by atoms with Crippen molar-refractivity contribution in [3.8, 4) is 16.9 Å². The molecule has 0 aliphatic rings. The maximum atomic E-state index is 12.4. The molecule has 2 N–H and O–H groups in total. The zero-order valence-electron chi connectivity index (χ0n) is 15.8. The van der Waals surface area contributed by atoms with Crippen molar-refractivity contribution in [2.75, 3.05) is 13.7 Å². The molecule has 1 atom stereocenters. The lowest BCUT2D eigenvalue weighted by molar-refractivity contribution is -0.141. The summed E-state index contributed by atoms with van der Waals surface area (Å²) in [5, 5.41) is 11.8. The average Bonchev–Trinajstić information content (AvgIpc) is 3.24. The molecule has 150 valence electrons. The van der Waals surface area contributed by atoms with Gasteiger partial charge < -0.3 is 24.3 Å². The SMILES string of the molecule is COc1cccc(-c2coc(C(=O)N[C@@H](COCc3ccccc3)C(=O)O)c2)c1. The number of carboxylic acids is 1. The van der Waals surface area contributed by atoms with Crippen LogP contribution >= 0.6 is 0 Å². The first-order valence-electron chi connectivity index (χ1n) is 8.95. The Balaban J connectivity index is 1.61. The number of benzene rings is 2. The molecular weight excluding hydrogens is 374 g/mol. The number of rotatable bonds is 9. The maximum absolute atomic E-state index is 12.4. The summed E-state index contributed by atoms with van der Waals surface area (Å²) in [5.41, 5.74) is 2.41. The molecule has 29 heavy (non-hydrogen) atoms. The van der Waals surface area contributed by atoms with Crippen molar-refractivity contribution >= 4 is 11.9 Å². The first kappa shape index (κ1) is 20.2. The zero-order valence-corrected chi connectivity index (χ0v) is 15.8. The highest BCUT2D eigenvalue weighted by atomic mass is 16.5. The molecule has 0 aliphatic heterocycles. The summed E-state index contributed by atoms with van der Waals surface area (Å²) < 4.78 is 16.0. The molecule has 0 aliphatic carbocycles. The van der Waals surface area contributed by atoms with E-state index < -0.39 is 17.9 Å². The fourth-order valence-electron chi connectivity index (χ4n) is 2.68. The Labute approximate surface area is 167 Å². The van der Waals surface area contributed by atoms with Crippen LogP contribution in [0.25, 0.3) is 11.1 Å². The molecule has 0 fully saturated rings. The number of ether oxygens (including phenoxy) is 2. The van der Waals surface area contributed by atoms with Crippen molar-refractivity contribution in [1.82, 2.24) is 5.32 Å². The Morgan fingerprint density at radius 2 is 1.86 bits per heavy atom. The monoisotopic (exact) mass is 395 g/mol. The number of hydrogen-bond acceptors (Lipinski definition) is 5. The summed E-state index contributed by atoms with van der Waals surface area (Å²) in [7, 11) is 1.57. The van der Waals surface area contributed by atoms with Gasteiger partial charge in [-0.25, -0.2) is 4.79 Å². The first-order valence-corrected chi connectivity index (χ1v) is 8.95. The number of hydrogen-bond donors (Lipinski definition) is 2. The standard InChI is InChI=1S/C22H21NO6/c1-27-18-9-5-8-16(10-18)17-11-20(29-13-17)21(24)23-19(22(25)26)14-28-12-15-6-3-2-4-7-15/h2-11,13,19H,12,14H2,1H3,(H,23,24)(H,25,26)/t19-/m0/s1. The second-order valence-electron chi connectivity index (χ2n) is 6.30. The van der Waals surface area contributed by atoms with Gasteiger partial charge in [-0.2, -0.15) is 0 Å². The molecular formula is C22H21NO6. The topological polar surface area (TPSA) is 98.0 Å². The van der Waals surface area contributed by atoms with E-state index in [0.717, 1.165) is 11.1 Å². The lowest BCUT2D eigenvalue weighted by Gasteiger charge is -2.14. The normalized spacial score (nSPS) is 11.6. The molecule has 0 saturated carbocycles. The number of amides is 1. The summed E-state index contributed by atoms with van der Waals surface area (Å²) >= 11 is 0. The van der Waals surface area contributed by atoms with Crippen molar-refractivity contribution < 1.29 is 28.6 Å². The average molecular weight is 395 g/mol. The van der Waals surface area contributed by atoms with Crippen LogP contribution in [0.1, 0.15) is 16.1 Å². The lowest BCUT2D eigenvalue weighted by atomic mass is 10.1. The van der Waals surface area contributed by atoms with Gasteiger partial charge in [0, 0.05) is 5.56 Å². The van der Waals surface area contributed by atoms with Crippen molar-refractivity contribution in [1.29, 1.82) is 0 Å². The van der Waals surface area contributed by atoms with Crippen LogP contribution < -0.4 is 10.1 Å². The Kier molecular flexibility index (Phi) is 6.65. The zero-order chi connectivity index (χ0) is 20.6. The molecule has 1 aromatic heterocycles. The van der Waals surface area contributed by atoms with Gasteiger partial charge in [0.15, 0.2) is 11.8 Å². The van der Waals surface area contributed by atoms with Crippen LogP contribution in [0.5, 0.6) is 5.75 Å². The van der Waals surface area contributed by atoms with Crippen LogP contribution in [0.3, 0.4) is 0 Å². The van der Waals surface area contributed by atoms with Gasteiger partial charge in [0.25, 0.3) is 5.91 Å². The third kappa shape index (κ3) is 5.46. The summed E-state index contributed by atoms with van der Waals surface area (Å²) in [6, 6.07) is 17.0. The van der Waals surface area contributed by atoms with Crippen LogP contribution in [0.4, 0.5) is 0 Å². The molecule has 0 radical (unpaired) electrons. The minimum absolute atomic E-state index is 0.0112. The highest BCUT2D eigenvalue weighted by Crippen LogP contribution is 2.25. The van der Waals surface area contributed by atoms with E-state index >= 15 is 0 Å². The Morgan fingerprint density at radius 1 is 1.07 bits per heavy atom. The fourth-order valence-corrected chi connectivity index (χ4v) is 2.68. The van der Waals surface area contributed by atoms with E-state index in [1.165, 1.54) is 6.26 Å². The number of furan rings is 1. The van der Waals surface area contributed by atoms with Crippen molar-refractivity contribution in [3.63, 3.8) is 0 Å². The Morgan fingerprint density at radius 3 is 2.59 bits per heavy atom. The largest absolute Gasteiger partial charge is 0.497 e. The lowest BCUT2D eigenvalue weighted by Crippen LogP contribution is -2.43.